The summed E-state index contributed by atoms with van der Waals surface area (Å²) in [5.41, 5.74) is -0.595. The molecule has 0 bridgehead atoms. The Hall–Kier alpha value is 0.0300. The molecular weight excluding hydrogens is 288 g/mol. The van der Waals surface area contributed by atoms with Gasteiger partial charge in [0.15, 0.2) is 0 Å². The van der Waals surface area contributed by atoms with E-state index in [0.29, 0.717) is 0 Å². The Morgan fingerprint density at radius 3 is 1.67 bits per heavy atom. The molecule has 1 atom stereocenters. The fourth-order valence-corrected chi connectivity index (χ4v) is 3.93. The van der Waals surface area contributed by atoms with Crippen molar-refractivity contribution in [3.8, 4) is 0 Å². The second-order valence-corrected chi connectivity index (χ2v) is 9.85. The Kier molecular flexibility index (Phi) is 7.08. The van der Waals surface area contributed by atoms with Crippen LogP contribution < -0.4 is 0 Å². The van der Waals surface area contributed by atoms with Crippen LogP contribution in [0.2, 0.25) is 0 Å². The van der Waals surface area contributed by atoms with E-state index in [-0.39, 0.29) is 28.6 Å². The van der Waals surface area contributed by atoms with Gasteiger partial charge in [-0.05, 0) is 51.4 Å². The van der Waals surface area contributed by atoms with E-state index in [1.165, 1.54) is 0 Å². The molecule has 0 spiro atoms. The van der Waals surface area contributed by atoms with Crippen LogP contribution in [0.5, 0.6) is 0 Å². The molecular formula is C16H34O4S. The third-order valence-corrected chi connectivity index (χ3v) is 3.28. The molecule has 0 heterocycles. The molecule has 0 aromatic rings. The second-order valence-electron chi connectivity index (χ2n) is 9.18. The first kappa shape index (κ1) is 21.0. The van der Waals surface area contributed by atoms with Crippen molar-refractivity contribution in [3.05, 3.63) is 0 Å². The van der Waals surface area contributed by atoms with Gasteiger partial charge in [0, 0.05) is 0 Å². The van der Waals surface area contributed by atoms with Crippen molar-refractivity contribution >= 4 is 11.4 Å². The maximum Gasteiger partial charge on any atom is 0.301 e. The highest BCUT2D eigenvalue weighted by Crippen LogP contribution is 2.37. The zero-order valence-electron chi connectivity index (χ0n) is 15.2. The predicted molar refractivity (Wildman–Crippen MR) is 88.4 cm³/mol. The molecule has 128 valence electrons. The van der Waals surface area contributed by atoms with E-state index in [0.717, 1.165) is 12.8 Å². The van der Waals surface area contributed by atoms with Crippen molar-refractivity contribution in [2.45, 2.75) is 86.4 Å². The summed E-state index contributed by atoms with van der Waals surface area (Å²) in [6.07, 6.45) is 1.70. The molecule has 0 aliphatic heterocycles. The Morgan fingerprint density at radius 1 is 0.857 bits per heavy atom. The summed E-state index contributed by atoms with van der Waals surface area (Å²) in [7, 11) is 0. The molecule has 5 heteroatoms. The van der Waals surface area contributed by atoms with Crippen LogP contribution in [0.15, 0.2) is 0 Å². The van der Waals surface area contributed by atoms with Gasteiger partial charge >= 0.3 is 11.4 Å². The molecule has 0 rings (SSSR count). The summed E-state index contributed by atoms with van der Waals surface area (Å²) in [4.78, 5) is 0. The van der Waals surface area contributed by atoms with Crippen LogP contribution in [0.1, 0.15) is 75.2 Å². The van der Waals surface area contributed by atoms with E-state index in [9.17, 15) is 4.21 Å². The van der Waals surface area contributed by atoms with E-state index in [2.05, 4.69) is 48.5 Å². The van der Waals surface area contributed by atoms with Gasteiger partial charge in [-0.25, -0.2) is 0 Å². The second kappa shape index (κ2) is 7.07. The minimum atomic E-state index is -2.21. The Labute approximate surface area is 133 Å². The number of ether oxygens (including phenoxy) is 1. The number of hydrogen-bond donors (Lipinski definition) is 1. The van der Waals surface area contributed by atoms with Crippen molar-refractivity contribution < 1.29 is 17.7 Å². The van der Waals surface area contributed by atoms with Gasteiger partial charge in [0.25, 0.3) is 0 Å². The standard InChI is InChI=1S/C16H34O4S/c1-13(2,3)10-15(6,7)20-16(8,9)11-14(4,5)12-19-21(17)18/h10-12H2,1-9H3,(H,17,18). The van der Waals surface area contributed by atoms with Crippen molar-refractivity contribution in [2.75, 3.05) is 6.61 Å². The van der Waals surface area contributed by atoms with Crippen LogP contribution in [-0.4, -0.2) is 26.6 Å². The van der Waals surface area contributed by atoms with Gasteiger partial charge in [-0.3, -0.25) is 8.74 Å². The largest absolute Gasteiger partial charge is 0.370 e. The average Bonchev–Trinajstić information content (AvgIpc) is 2.05. The third kappa shape index (κ3) is 11.3. The number of rotatable bonds is 8. The topological polar surface area (TPSA) is 55.8 Å². The summed E-state index contributed by atoms with van der Waals surface area (Å²) in [5.74, 6) is 0. The van der Waals surface area contributed by atoms with E-state index in [4.69, 9.17) is 13.5 Å². The van der Waals surface area contributed by atoms with Gasteiger partial charge in [-0.1, -0.05) is 34.6 Å². The summed E-state index contributed by atoms with van der Waals surface area (Å²) in [6.45, 7) is 19.2. The van der Waals surface area contributed by atoms with Crippen LogP contribution in [0.4, 0.5) is 0 Å². The quantitative estimate of drug-likeness (QED) is 0.665. The first-order valence-corrected chi connectivity index (χ1v) is 8.51. The fourth-order valence-electron chi connectivity index (χ4n) is 3.51. The van der Waals surface area contributed by atoms with Crippen molar-refractivity contribution in [1.29, 1.82) is 0 Å². The molecule has 0 radical (unpaired) electrons. The van der Waals surface area contributed by atoms with Crippen LogP contribution in [0.3, 0.4) is 0 Å². The highest BCUT2D eigenvalue weighted by atomic mass is 32.2. The molecule has 4 nitrogen and oxygen atoms in total. The van der Waals surface area contributed by atoms with E-state index in [1.54, 1.807) is 0 Å². The van der Waals surface area contributed by atoms with Gasteiger partial charge in [-0.15, -0.1) is 0 Å². The Bertz CT molecular complexity index is 354. The van der Waals surface area contributed by atoms with Gasteiger partial charge in [0.05, 0.1) is 17.8 Å². The monoisotopic (exact) mass is 322 g/mol. The molecule has 21 heavy (non-hydrogen) atoms. The van der Waals surface area contributed by atoms with Crippen molar-refractivity contribution in [2.24, 2.45) is 10.8 Å². The van der Waals surface area contributed by atoms with Crippen LogP contribution in [0.25, 0.3) is 0 Å². The smallest absolute Gasteiger partial charge is 0.301 e. The zero-order valence-corrected chi connectivity index (χ0v) is 16.0. The summed E-state index contributed by atoms with van der Waals surface area (Å²) in [6, 6.07) is 0. The highest BCUT2D eigenvalue weighted by molar-refractivity contribution is 7.74. The Morgan fingerprint density at radius 2 is 1.29 bits per heavy atom. The molecule has 0 fully saturated rings. The van der Waals surface area contributed by atoms with Crippen molar-refractivity contribution in [1.82, 2.24) is 0 Å². The van der Waals surface area contributed by atoms with Crippen LogP contribution in [-0.2, 0) is 20.3 Å². The van der Waals surface area contributed by atoms with Gasteiger partial charge in [-0.2, -0.15) is 4.21 Å². The van der Waals surface area contributed by atoms with Gasteiger partial charge in [0.1, 0.15) is 0 Å². The molecule has 0 saturated carbocycles. The maximum atomic E-state index is 10.7. The lowest BCUT2D eigenvalue weighted by atomic mass is 9.80. The SMILES string of the molecule is CC(C)(C)CC(C)(C)OC(C)(C)CC(C)(C)COS(=O)O. The number of hydrogen-bond acceptors (Lipinski definition) is 3. The predicted octanol–water partition coefficient (Wildman–Crippen LogP) is 4.57. The molecule has 0 amide bonds. The van der Waals surface area contributed by atoms with Gasteiger partial charge < -0.3 is 4.74 Å². The minimum absolute atomic E-state index is 0.200. The van der Waals surface area contributed by atoms with Crippen LogP contribution in [0, 0.1) is 10.8 Å². The van der Waals surface area contributed by atoms with Gasteiger partial charge in [0.2, 0.25) is 0 Å². The molecule has 1 unspecified atom stereocenters. The van der Waals surface area contributed by atoms with E-state index >= 15 is 0 Å². The summed E-state index contributed by atoms with van der Waals surface area (Å²) in [5, 5.41) is 0. The van der Waals surface area contributed by atoms with E-state index < -0.39 is 11.4 Å². The third-order valence-electron chi connectivity index (χ3n) is 2.96. The lowest BCUT2D eigenvalue weighted by Gasteiger charge is -2.42. The molecule has 0 saturated heterocycles. The highest BCUT2D eigenvalue weighted by Gasteiger charge is 2.36. The zero-order chi connectivity index (χ0) is 17.1. The first-order valence-electron chi connectivity index (χ1n) is 7.48. The lowest BCUT2D eigenvalue weighted by Crippen LogP contribution is -2.42. The molecule has 0 aromatic carbocycles. The fraction of sp³-hybridized carbons (Fsp3) is 1.00. The molecule has 0 aliphatic carbocycles. The van der Waals surface area contributed by atoms with E-state index in [1.807, 2.05) is 13.8 Å². The Balaban J connectivity index is 4.71. The first-order chi connectivity index (χ1) is 9.04. The summed E-state index contributed by atoms with van der Waals surface area (Å²) < 4.78 is 30.6. The molecule has 1 N–H and O–H groups in total. The molecule has 0 aliphatic rings. The minimum Gasteiger partial charge on any atom is -0.370 e. The average molecular weight is 323 g/mol. The summed E-state index contributed by atoms with van der Waals surface area (Å²) >= 11 is -2.21. The molecule has 0 aromatic heterocycles. The maximum absolute atomic E-state index is 10.7. The normalized spacial score (nSPS) is 16.1. The van der Waals surface area contributed by atoms with Crippen molar-refractivity contribution in [3.63, 3.8) is 0 Å². The van der Waals surface area contributed by atoms with Crippen LogP contribution >= 0.6 is 0 Å². The lowest BCUT2D eigenvalue weighted by molar-refractivity contribution is -0.152.